The summed E-state index contributed by atoms with van der Waals surface area (Å²) in [6, 6.07) is 28.7. The van der Waals surface area contributed by atoms with Crippen molar-refractivity contribution in [3.05, 3.63) is 114 Å². The van der Waals surface area contributed by atoms with E-state index in [4.69, 9.17) is 4.74 Å². The van der Waals surface area contributed by atoms with Crippen molar-refractivity contribution in [3.8, 4) is 5.75 Å². The van der Waals surface area contributed by atoms with Gasteiger partial charge in [-0.1, -0.05) is 72.8 Å². The number of nitrogens with zero attached hydrogens (tertiary/aromatic N) is 1. The SMILES string of the molecule is CCOc1ccc(N2C(=O)C(=O)/C(=C(\O)c3cccc4ccccc34)C2c2ccccc2)cc1. The lowest BCUT2D eigenvalue weighted by Gasteiger charge is -2.25. The summed E-state index contributed by atoms with van der Waals surface area (Å²) >= 11 is 0. The van der Waals surface area contributed by atoms with Crippen LogP contribution in [-0.2, 0) is 9.59 Å². The lowest BCUT2D eigenvalue weighted by Crippen LogP contribution is -2.29. The summed E-state index contributed by atoms with van der Waals surface area (Å²) in [5, 5.41) is 13.2. The van der Waals surface area contributed by atoms with E-state index in [0.717, 1.165) is 16.3 Å². The van der Waals surface area contributed by atoms with E-state index in [2.05, 4.69) is 0 Å². The van der Waals surface area contributed by atoms with Crippen LogP contribution in [0.15, 0.2) is 103 Å². The minimum absolute atomic E-state index is 0.0708. The monoisotopic (exact) mass is 449 g/mol. The molecule has 34 heavy (non-hydrogen) atoms. The largest absolute Gasteiger partial charge is 0.507 e. The molecule has 5 heteroatoms. The molecule has 1 saturated heterocycles. The molecule has 168 valence electrons. The van der Waals surface area contributed by atoms with Crippen LogP contribution < -0.4 is 9.64 Å². The fourth-order valence-corrected chi connectivity index (χ4v) is 4.50. The van der Waals surface area contributed by atoms with E-state index in [0.29, 0.717) is 23.6 Å². The Bertz CT molecular complexity index is 1400. The van der Waals surface area contributed by atoms with Gasteiger partial charge in [0, 0.05) is 11.3 Å². The van der Waals surface area contributed by atoms with Crippen LogP contribution in [-0.4, -0.2) is 23.4 Å². The summed E-state index contributed by atoms with van der Waals surface area (Å²) in [4.78, 5) is 28.1. The normalized spacial score (nSPS) is 17.3. The van der Waals surface area contributed by atoms with E-state index in [1.165, 1.54) is 4.90 Å². The molecule has 1 atom stereocenters. The molecular weight excluding hydrogens is 426 g/mol. The van der Waals surface area contributed by atoms with Crippen LogP contribution in [0, 0.1) is 0 Å². The van der Waals surface area contributed by atoms with Crippen LogP contribution in [0.5, 0.6) is 5.75 Å². The number of carbonyl (C=O) groups excluding carboxylic acids is 2. The van der Waals surface area contributed by atoms with Crippen LogP contribution in [0.1, 0.15) is 24.1 Å². The number of aliphatic hydroxyl groups excluding tert-OH is 1. The van der Waals surface area contributed by atoms with Crippen molar-refractivity contribution in [3.63, 3.8) is 0 Å². The highest BCUT2D eigenvalue weighted by atomic mass is 16.5. The van der Waals surface area contributed by atoms with Crippen molar-refractivity contribution < 1.29 is 19.4 Å². The van der Waals surface area contributed by atoms with Crippen LogP contribution in [0.3, 0.4) is 0 Å². The third-order valence-corrected chi connectivity index (χ3v) is 6.03. The smallest absolute Gasteiger partial charge is 0.300 e. The lowest BCUT2D eigenvalue weighted by molar-refractivity contribution is -0.132. The van der Waals surface area contributed by atoms with Gasteiger partial charge < -0.3 is 9.84 Å². The van der Waals surface area contributed by atoms with Gasteiger partial charge in [0.15, 0.2) is 0 Å². The van der Waals surface area contributed by atoms with Gasteiger partial charge in [-0.25, -0.2) is 0 Å². The van der Waals surface area contributed by atoms with E-state index in [1.54, 1.807) is 30.3 Å². The Morgan fingerprint density at radius 3 is 2.26 bits per heavy atom. The number of anilines is 1. The summed E-state index contributed by atoms with van der Waals surface area (Å²) in [5.41, 5.74) is 1.87. The average molecular weight is 450 g/mol. The Morgan fingerprint density at radius 2 is 1.53 bits per heavy atom. The van der Waals surface area contributed by atoms with Gasteiger partial charge in [0.05, 0.1) is 18.2 Å². The van der Waals surface area contributed by atoms with E-state index < -0.39 is 17.7 Å². The minimum Gasteiger partial charge on any atom is -0.507 e. The molecule has 0 saturated carbocycles. The maximum absolute atomic E-state index is 13.4. The Balaban J connectivity index is 1.71. The van der Waals surface area contributed by atoms with Crippen LogP contribution in [0.2, 0.25) is 0 Å². The quantitative estimate of drug-likeness (QED) is 0.235. The van der Waals surface area contributed by atoms with E-state index in [-0.39, 0.29) is 11.3 Å². The van der Waals surface area contributed by atoms with Gasteiger partial charge in [0.25, 0.3) is 11.7 Å². The Hall–Kier alpha value is -4.38. The summed E-state index contributed by atoms with van der Waals surface area (Å²) in [7, 11) is 0. The van der Waals surface area contributed by atoms with Crippen LogP contribution in [0.4, 0.5) is 5.69 Å². The molecular formula is C29H23NO4. The fourth-order valence-electron chi connectivity index (χ4n) is 4.50. The zero-order chi connectivity index (χ0) is 23.7. The van der Waals surface area contributed by atoms with E-state index >= 15 is 0 Å². The highest BCUT2D eigenvalue weighted by Gasteiger charge is 2.47. The molecule has 4 aromatic carbocycles. The highest BCUT2D eigenvalue weighted by Crippen LogP contribution is 2.43. The Kier molecular flexibility index (Phi) is 5.60. The molecule has 0 bridgehead atoms. The number of benzene rings is 4. The first-order chi connectivity index (χ1) is 16.6. The maximum atomic E-state index is 13.4. The number of ketones is 1. The highest BCUT2D eigenvalue weighted by molar-refractivity contribution is 6.51. The summed E-state index contributed by atoms with van der Waals surface area (Å²) in [6.45, 7) is 2.42. The second-order valence-corrected chi connectivity index (χ2v) is 8.03. The molecule has 0 aromatic heterocycles. The number of carbonyl (C=O) groups is 2. The number of hydrogen-bond donors (Lipinski definition) is 1. The van der Waals surface area contributed by atoms with Gasteiger partial charge >= 0.3 is 0 Å². The first kappa shape index (κ1) is 21.5. The van der Waals surface area contributed by atoms with Gasteiger partial charge in [0.1, 0.15) is 11.5 Å². The fraction of sp³-hybridized carbons (Fsp3) is 0.103. The number of ether oxygens (including phenoxy) is 1. The topological polar surface area (TPSA) is 66.8 Å². The van der Waals surface area contributed by atoms with Crippen molar-refractivity contribution >= 4 is 33.9 Å². The number of fused-ring (bicyclic) bond motifs is 1. The van der Waals surface area contributed by atoms with Crippen molar-refractivity contribution in [2.24, 2.45) is 0 Å². The molecule has 5 rings (SSSR count). The van der Waals surface area contributed by atoms with Crippen molar-refractivity contribution in [2.45, 2.75) is 13.0 Å². The molecule has 5 nitrogen and oxygen atoms in total. The number of rotatable bonds is 5. The van der Waals surface area contributed by atoms with Gasteiger partial charge in [-0.2, -0.15) is 0 Å². The minimum atomic E-state index is -0.766. The third kappa shape index (κ3) is 3.61. The Morgan fingerprint density at radius 1 is 0.853 bits per heavy atom. The molecule has 1 N–H and O–H groups in total. The molecule has 1 aliphatic heterocycles. The summed E-state index contributed by atoms with van der Waals surface area (Å²) in [5.74, 6) is -0.903. The van der Waals surface area contributed by atoms with Crippen molar-refractivity contribution in [1.29, 1.82) is 0 Å². The standard InChI is InChI=1S/C29H23NO4/c1-2-34-22-17-15-21(16-18-22)30-26(20-10-4-3-5-11-20)25(28(32)29(30)33)27(31)24-14-8-12-19-9-6-7-13-23(19)24/h3-18,26,31H,2H2,1H3/b27-25-. The van der Waals surface area contributed by atoms with Crippen molar-refractivity contribution in [2.75, 3.05) is 11.5 Å². The number of aliphatic hydroxyl groups is 1. The molecule has 0 radical (unpaired) electrons. The number of amides is 1. The number of hydrogen-bond acceptors (Lipinski definition) is 4. The first-order valence-electron chi connectivity index (χ1n) is 11.2. The predicted octanol–water partition coefficient (Wildman–Crippen LogP) is 5.86. The van der Waals surface area contributed by atoms with E-state index in [9.17, 15) is 14.7 Å². The molecule has 1 amide bonds. The second-order valence-electron chi connectivity index (χ2n) is 8.03. The molecule has 1 heterocycles. The maximum Gasteiger partial charge on any atom is 0.300 e. The summed E-state index contributed by atoms with van der Waals surface area (Å²) < 4.78 is 5.52. The Labute approximate surface area is 197 Å². The van der Waals surface area contributed by atoms with Gasteiger partial charge in [-0.15, -0.1) is 0 Å². The zero-order valence-electron chi connectivity index (χ0n) is 18.6. The predicted molar refractivity (Wildman–Crippen MR) is 133 cm³/mol. The summed E-state index contributed by atoms with van der Waals surface area (Å²) in [6.07, 6.45) is 0. The molecule has 0 aliphatic carbocycles. The zero-order valence-corrected chi connectivity index (χ0v) is 18.6. The lowest BCUT2D eigenvalue weighted by atomic mass is 9.93. The molecule has 1 aliphatic rings. The molecule has 1 fully saturated rings. The third-order valence-electron chi connectivity index (χ3n) is 6.03. The second kappa shape index (κ2) is 8.87. The van der Waals surface area contributed by atoms with Gasteiger partial charge in [0.2, 0.25) is 0 Å². The van der Waals surface area contributed by atoms with E-state index in [1.807, 2.05) is 73.7 Å². The van der Waals surface area contributed by atoms with Crippen LogP contribution in [0.25, 0.3) is 16.5 Å². The van der Waals surface area contributed by atoms with Crippen molar-refractivity contribution in [1.82, 2.24) is 0 Å². The molecule has 4 aromatic rings. The van der Waals surface area contributed by atoms with Gasteiger partial charge in [-0.05, 0) is 47.5 Å². The number of Topliss-reactive ketones (excluding diaryl/α,β-unsaturated/α-hetero) is 1. The van der Waals surface area contributed by atoms with Gasteiger partial charge in [-0.3, -0.25) is 14.5 Å². The molecule has 1 unspecified atom stereocenters. The van der Waals surface area contributed by atoms with Crippen LogP contribution >= 0.6 is 0 Å². The first-order valence-corrected chi connectivity index (χ1v) is 11.2. The average Bonchev–Trinajstić information content (AvgIpc) is 3.15. The molecule has 0 spiro atoms.